The Hall–Kier alpha value is -1.92. The number of carbonyl (C=O) groups is 2. The van der Waals surface area contributed by atoms with Crippen LogP contribution in [0.2, 0.25) is 5.02 Å². The lowest BCUT2D eigenvalue weighted by atomic mass is 10.3. The van der Waals surface area contributed by atoms with Crippen molar-refractivity contribution in [2.24, 2.45) is 0 Å². The summed E-state index contributed by atoms with van der Waals surface area (Å²) in [4.78, 5) is 34.2. The highest BCUT2D eigenvalue weighted by Crippen LogP contribution is 2.32. The maximum atomic E-state index is 12.5. The van der Waals surface area contributed by atoms with Crippen molar-refractivity contribution in [3.63, 3.8) is 0 Å². The summed E-state index contributed by atoms with van der Waals surface area (Å²) >= 11 is 7.05. The third-order valence-corrected chi connectivity index (χ3v) is 4.52. The number of hydrogen-bond donors (Lipinski definition) is 0. The van der Waals surface area contributed by atoms with E-state index in [2.05, 4.69) is 9.97 Å². The van der Waals surface area contributed by atoms with Crippen LogP contribution in [0, 0.1) is 6.92 Å². The van der Waals surface area contributed by atoms with Gasteiger partial charge in [-0.05, 0) is 37.3 Å². The number of amides is 2. The highest BCUT2D eigenvalue weighted by Gasteiger charge is 2.40. The second kappa shape index (κ2) is 6.06. The Balaban J connectivity index is 1.81. The molecule has 1 saturated heterocycles. The molecule has 0 bridgehead atoms. The van der Waals surface area contributed by atoms with E-state index >= 15 is 0 Å². The topological polar surface area (TPSA) is 63.2 Å². The molecule has 22 heavy (non-hydrogen) atoms. The van der Waals surface area contributed by atoms with Gasteiger partial charge in [0, 0.05) is 23.3 Å². The monoisotopic (exact) mass is 333 g/mol. The zero-order chi connectivity index (χ0) is 15.7. The van der Waals surface area contributed by atoms with Gasteiger partial charge in [0.15, 0.2) is 5.16 Å². The van der Waals surface area contributed by atoms with Crippen molar-refractivity contribution < 1.29 is 9.59 Å². The Kier molecular flexibility index (Phi) is 4.13. The van der Waals surface area contributed by atoms with Crippen LogP contribution in [0.1, 0.15) is 12.1 Å². The Bertz CT molecular complexity index is 736. The van der Waals surface area contributed by atoms with Crippen molar-refractivity contribution in [3.8, 4) is 0 Å². The van der Waals surface area contributed by atoms with Crippen LogP contribution >= 0.6 is 23.4 Å². The third-order valence-electron chi connectivity index (χ3n) is 3.21. The lowest BCUT2D eigenvalue weighted by Crippen LogP contribution is -2.31. The molecule has 0 aliphatic carbocycles. The van der Waals surface area contributed by atoms with E-state index in [4.69, 9.17) is 11.6 Å². The quantitative estimate of drug-likeness (QED) is 0.638. The molecule has 0 N–H and O–H groups in total. The molecule has 2 aromatic rings. The van der Waals surface area contributed by atoms with E-state index in [9.17, 15) is 9.59 Å². The number of aromatic nitrogens is 2. The number of benzene rings is 1. The smallest absolute Gasteiger partial charge is 0.247 e. The van der Waals surface area contributed by atoms with Gasteiger partial charge in [-0.3, -0.25) is 9.59 Å². The second-order valence-corrected chi connectivity index (χ2v) is 6.44. The summed E-state index contributed by atoms with van der Waals surface area (Å²) in [5, 5.41) is 0.566. The van der Waals surface area contributed by atoms with Gasteiger partial charge in [0.05, 0.1) is 5.69 Å². The average Bonchev–Trinajstić information content (AvgIpc) is 2.75. The highest BCUT2D eigenvalue weighted by molar-refractivity contribution is 8.00. The maximum Gasteiger partial charge on any atom is 0.247 e. The average molecular weight is 334 g/mol. The van der Waals surface area contributed by atoms with Gasteiger partial charge in [-0.25, -0.2) is 14.9 Å². The molecule has 1 aromatic heterocycles. The van der Waals surface area contributed by atoms with Crippen LogP contribution in [0.4, 0.5) is 5.69 Å². The van der Waals surface area contributed by atoms with Crippen molar-refractivity contribution in [1.29, 1.82) is 0 Å². The molecule has 0 radical (unpaired) electrons. The number of thioether (sulfide) groups is 1. The third kappa shape index (κ3) is 2.98. The standard InChI is InChI=1S/C15H12ClN3O2S/c1-9-6-7-17-15(18-9)22-12-8-13(20)19(14(12)21)11-4-2-10(16)3-5-11/h2-7,12H,8H2,1H3/t12-/m0/s1. The first-order valence-electron chi connectivity index (χ1n) is 6.63. The Morgan fingerprint density at radius 2 is 1.95 bits per heavy atom. The Morgan fingerprint density at radius 1 is 1.23 bits per heavy atom. The molecule has 1 atom stereocenters. The van der Waals surface area contributed by atoms with Crippen LogP contribution < -0.4 is 4.90 Å². The molecule has 2 amide bonds. The normalized spacial score (nSPS) is 18.1. The molecule has 5 nitrogen and oxygen atoms in total. The number of imide groups is 1. The van der Waals surface area contributed by atoms with Gasteiger partial charge in [0.25, 0.3) is 0 Å². The van der Waals surface area contributed by atoms with Crippen LogP contribution in [-0.4, -0.2) is 27.0 Å². The number of anilines is 1. The SMILES string of the molecule is Cc1ccnc(S[C@H]2CC(=O)N(c3ccc(Cl)cc3)C2=O)n1. The van der Waals surface area contributed by atoms with E-state index in [-0.39, 0.29) is 18.2 Å². The van der Waals surface area contributed by atoms with Gasteiger partial charge >= 0.3 is 0 Å². The van der Waals surface area contributed by atoms with E-state index in [0.29, 0.717) is 15.9 Å². The van der Waals surface area contributed by atoms with Crippen molar-refractivity contribution in [2.45, 2.75) is 23.8 Å². The van der Waals surface area contributed by atoms with E-state index < -0.39 is 5.25 Å². The lowest BCUT2D eigenvalue weighted by Gasteiger charge is -2.14. The van der Waals surface area contributed by atoms with E-state index in [1.54, 1.807) is 36.5 Å². The van der Waals surface area contributed by atoms with Crippen LogP contribution in [-0.2, 0) is 9.59 Å². The van der Waals surface area contributed by atoms with Gasteiger partial charge < -0.3 is 0 Å². The van der Waals surface area contributed by atoms with Gasteiger partial charge in [-0.2, -0.15) is 0 Å². The molecule has 2 heterocycles. The van der Waals surface area contributed by atoms with Crippen molar-refractivity contribution in [2.75, 3.05) is 4.90 Å². The predicted octanol–water partition coefficient (Wildman–Crippen LogP) is 2.86. The van der Waals surface area contributed by atoms with Crippen molar-refractivity contribution >= 4 is 40.9 Å². The molecule has 112 valence electrons. The fourth-order valence-corrected chi connectivity index (χ4v) is 3.30. The summed E-state index contributed by atoms with van der Waals surface area (Å²) in [5.41, 5.74) is 1.36. The molecular weight excluding hydrogens is 322 g/mol. The first-order chi connectivity index (χ1) is 10.5. The van der Waals surface area contributed by atoms with Gasteiger partial charge in [-0.1, -0.05) is 23.4 Å². The van der Waals surface area contributed by atoms with Crippen LogP contribution in [0.15, 0.2) is 41.7 Å². The van der Waals surface area contributed by atoms with Crippen LogP contribution in [0.3, 0.4) is 0 Å². The number of halogens is 1. The molecule has 1 aliphatic heterocycles. The molecular formula is C15H12ClN3O2S. The molecule has 0 spiro atoms. The maximum absolute atomic E-state index is 12.5. The first kappa shape index (κ1) is 15.0. The van der Waals surface area contributed by atoms with E-state index in [1.165, 1.54) is 16.7 Å². The summed E-state index contributed by atoms with van der Waals surface area (Å²) in [7, 11) is 0. The minimum absolute atomic E-state index is 0.142. The molecule has 1 aromatic carbocycles. The fourth-order valence-electron chi connectivity index (χ4n) is 2.17. The van der Waals surface area contributed by atoms with Gasteiger partial charge in [0.2, 0.25) is 11.8 Å². The Morgan fingerprint density at radius 3 is 2.64 bits per heavy atom. The number of carbonyl (C=O) groups excluding carboxylic acids is 2. The molecule has 3 rings (SSSR count). The fraction of sp³-hybridized carbons (Fsp3) is 0.200. The zero-order valence-corrected chi connectivity index (χ0v) is 13.3. The summed E-state index contributed by atoms with van der Waals surface area (Å²) in [6.07, 6.45) is 1.78. The van der Waals surface area contributed by atoms with E-state index in [0.717, 1.165) is 5.69 Å². The van der Waals surface area contributed by atoms with Crippen LogP contribution in [0.25, 0.3) is 0 Å². The van der Waals surface area contributed by atoms with Gasteiger partial charge in [0.1, 0.15) is 5.25 Å². The predicted molar refractivity (Wildman–Crippen MR) is 85.0 cm³/mol. The summed E-state index contributed by atoms with van der Waals surface area (Å²) < 4.78 is 0. The minimum atomic E-state index is -0.495. The van der Waals surface area contributed by atoms with Crippen molar-refractivity contribution in [3.05, 3.63) is 47.2 Å². The number of aryl methyl sites for hydroxylation is 1. The number of hydrogen-bond acceptors (Lipinski definition) is 5. The zero-order valence-electron chi connectivity index (χ0n) is 11.7. The minimum Gasteiger partial charge on any atom is -0.274 e. The molecule has 0 unspecified atom stereocenters. The van der Waals surface area contributed by atoms with Gasteiger partial charge in [-0.15, -0.1) is 0 Å². The molecule has 1 aliphatic rings. The van der Waals surface area contributed by atoms with E-state index in [1.807, 2.05) is 6.92 Å². The molecule has 1 fully saturated rings. The summed E-state index contributed by atoms with van der Waals surface area (Å²) in [5.74, 6) is -0.472. The second-order valence-electron chi connectivity index (χ2n) is 4.84. The molecule has 0 saturated carbocycles. The lowest BCUT2D eigenvalue weighted by molar-refractivity contribution is -0.121. The highest BCUT2D eigenvalue weighted by atomic mass is 35.5. The van der Waals surface area contributed by atoms with Crippen molar-refractivity contribution in [1.82, 2.24) is 9.97 Å². The summed E-state index contributed by atoms with van der Waals surface area (Å²) in [6.45, 7) is 1.85. The number of rotatable bonds is 3. The summed E-state index contributed by atoms with van der Waals surface area (Å²) in [6, 6.07) is 8.41. The first-order valence-corrected chi connectivity index (χ1v) is 7.89. The largest absolute Gasteiger partial charge is 0.274 e. The van der Waals surface area contributed by atoms with Crippen LogP contribution in [0.5, 0.6) is 0 Å². The Labute approximate surface area is 136 Å². The molecule has 7 heteroatoms. The number of nitrogens with zero attached hydrogens (tertiary/aromatic N) is 3.